The Balaban J connectivity index is 1.66. The maximum Gasteiger partial charge on any atom is 0.345 e. The topological polar surface area (TPSA) is 68.9 Å². The van der Waals surface area contributed by atoms with Gasteiger partial charge < -0.3 is 5.32 Å². The van der Waals surface area contributed by atoms with Crippen molar-refractivity contribution in [2.45, 2.75) is 25.8 Å². The van der Waals surface area contributed by atoms with Gasteiger partial charge in [-0.2, -0.15) is 0 Å². The molecule has 6 nitrogen and oxygen atoms in total. The van der Waals surface area contributed by atoms with E-state index in [1.165, 1.54) is 21.4 Å². The van der Waals surface area contributed by atoms with Crippen LogP contribution in [-0.4, -0.2) is 26.8 Å². The summed E-state index contributed by atoms with van der Waals surface area (Å²) in [6.45, 7) is 2.52. The van der Waals surface area contributed by atoms with Crippen molar-refractivity contribution in [3.63, 3.8) is 0 Å². The molecule has 0 radical (unpaired) electrons. The number of hydrogen-bond acceptors (Lipinski definition) is 3. The number of hydrogen-bond donors (Lipinski definition) is 1. The Labute approximate surface area is 162 Å². The van der Waals surface area contributed by atoms with Crippen LogP contribution in [0.3, 0.4) is 0 Å². The molecule has 0 aliphatic carbocycles. The summed E-state index contributed by atoms with van der Waals surface area (Å²) in [7, 11) is 1.62. The molecule has 0 bridgehead atoms. The fourth-order valence-corrected chi connectivity index (χ4v) is 3.15. The molecule has 0 spiro atoms. The quantitative estimate of drug-likeness (QED) is 0.683. The summed E-state index contributed by atoms with van der Waals surface area (Å²) in [6, 6.07) is 15.4. The molecule has 0 saturated heterocycles. The molecule has 3 rings (SSSR count). The number of halogens is 1. The summed E-state index contributed by atoms with van der Waals surface area (Å²) in [4.78, 5) is 24.9. The number of rotatable bonds is 7. The van der Waals surface area contributed by atoms with Crippen molar-refractivity contribution in [3.8, 4) is 11.4 Å². The first-order valence-electron chi connectivity index (χ1n) is 9.23. The van der Waals surface area contributed by atoms with Crippen LogP contribution in [0, 0.1) is 5.82 Å². The normalized spacial score (nSPS) is 12.0. The Hall–Kier alpha value is -3.22. The molecule has 0 fully saturated rings. The van der Waals surface area contributed by atoms with Gasteiger partial charge in [0.25, 0.3) is 0 Å². The fraction of sp³-hybridized carbons (Fsp3) is 0.286. The Bertz CT molecular complexity index is 993. The molecule has 1 unspecified atom stereocenters. The molecule has 0 aliphatic rings. The van der Waals surface area contributed by atoms with Crippen LogP contribution in [0.25, 0.3) is 11.4 Å². The summed E-state index contributed by atoms with van der Waals surface area (Å²) >= 11 is 0. The molecule has 28 heavy (non-hydrogen) atoms. The molecule has 3 aromatic rings. The van der Waals surface area contributed by atoms with Gasteiger partial charge >= 0.3 is 5.69 Å². The molecule has 0 aliphatic heterocycles. The first kappa shape index (κ1) is 19.5. The second kappa shape index (κ2) is 8.65. The first-order valence-corrected chi connectivity index (χ1v) is 9.23. The standard InChI is InChI=1S/C21H23FN4O2/c1-3-18(15-7-5-4-6-8-15)20(27)23-13-14-26-21(28)25(2)19(24-26)16-9-11-17(22)12-10-16/h4-12,18H,3,13-14H2,1-2H3,(H,23,27). The lowest BCUT2D eigenvalue weighted by molar-refractivity contribution is -0.122. The first-order chi connectivity index (χ1) is 13.5. The number of carbonyl (C=O) groups is 1. The monoisotopic (exact) mass is 382 g/mol. The van der Waals surface area contributed by atoms with Crippen LogP contribution in [0.5, 0.6) is 0 Å². The average molecular weight is 382 g/mol. The highest BCUT2D eigenvalue weighted by Crippen LogP contribution is 2.19. The molecule has 1 atom stereocenters. The molecule has 1 amide bonds. The molecule has 0 saturated carbocycles. The summed E-state index contributed by atoms with van der Waals surface area (Å²) in [5.74, 6) is -0.195. The third-order valence-corrected chi connectivity index (χ3v) is 4.69. The minimum absolute atomic E-state index is 0.0727. The smallest absolute Gasteiger partial charge is 0.345 e. The molecule has 1 heterocycles. The van der Waals surface area contributed by atoms with Gasteiger partial charge in [-0.25, -0.2) is 13.9 Å². The highest BCUT2D eigenvalue weighted by atomic mass is 19.1. The van der Waals surface area contributed by atoms with Crippen LogP contribution in [0.2, 0.25) is 0 Å². The number of aromatic nitrogens is 3. The van der Waals surface area contributed by atoms with E-state index in [0.717, 1.165) is 5.56 Å². The molecule has 146 valence electrons. The van der Waals surface area contributed by atoms with E-state index < -0.39 is 0 Å². The zero-order chi connectivity index (χ0) is 20.1. The zero-order valence-corrected chi connectivity index (χ0v) is 15.9. The molecular weight excluding hydrogens is 359 g/mol. The molecule has 7 heteroatoms. The van der Waals surface area contributed by atoms with Crippen molar-refractivity contribution >= 4 is 5.91 Å². The average Bonchev–Trinajstić information content (AvgIpc) is 2.99. The van der Waals surface area contributed by atoms with Gasteiger partial charge in [0, 0.05) is 19.2 Å². The predicted molar refractivity (Wildman–Crippen MR) is 105 cm³/mol. The second-order valence-electron chi connectivity index (χ2n) is 6.56. The predicted octanol–water partition coefficient (Wildman–Crippen LogP) is 2.70. The van der Waals surface area contributed by atoms with Gasteiger partial charge in [0.05, 0.1) is 12.5 Å². The van der Waals surface area contributed by atoms with Gasteiger partial charge in [-0.05, 0) is 36.2 Å². The summed E-state index contributed by atoms with van der Waals surface area (Å²) in [6.07, 6.45) is 0.689. The van der Waals surface area contributed by atoms with E-state index >= 15 is 0 Å². The van der Waals surface area contributed by atoms with Gasteiger partial charge in [0.15, 0.2) is 5.82 Å². The second-order valence-corrected chi connectivity index (χ2v) is 6.56. The third kappa shape index (κ3) is 4.19. The van der Waals surface area contributed by atoms with Crippen molar-refractivity contribution in [1.82, 2.24) is 19.7 Å². The lowest BCUT2D eigenvalue weighted by Gasteiger charge is -2.15. The number of amides is 1. The lowest BCUT2D eigenvalue weighted by atomic mass is 9.96. The Morgan fingerprint density at radius 3 is 2.46 bits per heavy atom. The number of nitrogens with one attached hydrogen (secondary N) is 1. The summed E-state index contributed by atoms with van der Waals surface area (Å²) in [5, 5.41) is 7.21. The number of benzene rings is 2. The van der Waals surface area contributed by atoms with E-state index in [-0.39, 0.29) is 29.9 Å². The van der Waals surface area contributed by atoms with Gasteiger partial charge in [0.1, 0.15) is 5.82 Å². The van der Waals surface area contributed by atoms with Crippen LogP contribution in [0.4, 0.5) is 4.39 Å². The van der Waals surface area contributed by atoms with Gasteiger partial charge in [-0.15, -0.1) is 5.10 Å². The highest BCUT2D eigenvalue weighted by molar-refractivity contribution is 5.83. The zero-order valence-electron chi connectivity index (χ0n) is 15.9. The molecule has 1 aromatic heterocycles. The van der Waals surface area contributed by atoms with Crippen LogP contribution in [0.15, 0.2) is 59.4 Å². The summed E-state index contributed by atoms with van der Waals surface area (Å²) < 4.78 is 15.8. The Morgan fingerprint density at radius 1 is 1.14 bits per heavy atom. The number of carbonyl (C=O) groups excluding carboxylic acids is 1. The van der Waals surface area contributed by atoms with E-state index in [9.17, 15) is 14.0 Å². The van der Waals surface area contributed by atoms with Crippen LogP contribution >= 0.6 is 0 Å². The SMILES string of the molecule is CCC(C(=O)NCCn1nc(-c2ccc(F)cc2)n(C)c1=O)c1ccccc1. The maximum absolute atomic E-state index is 13.1. The highest BCUT2D eigenvalue weighted by Gasteiger charge is 2.18. The van der Waals surface area contributed by atoms with E-state index in [2.05, 4.69) is 10.4 Å². The fourth-order valence-electron chi connectivity index (χ4n) is 3.15. The minimum Gasteiger partial charge on any atom is -0.354 e. The van der Waals surface area contributed by atoms with Crippen molar-refractivity contribution in [1.29, 1.82) is 0 Å². The lowest BCUT2D eigenvalue weighted by Crippen LogP contribution is -2.34. The van der Waals surface area contributed by atoms with Gasteiger partial charge in [-0.3, -0.25) is 9.36 Å². The van der Waals surface area contributed by atoms with Crippen molar-refractivity contribution in [3.05, 3.63) is 76.5 Å². The van der Waals surface area contributed by atoms with Gasteiger partial charge in [-0.1, -0.05) is 37.3 Å². The maximum atomic E-state index is 13.1. The third-order valence-electron chi connectivity index (χ3n) is 4.69. The van der Waals surface area contributed by atoms with Crippen molar-refractivity contribution < 1.29 is 9.18 Å². The van der Waals surface area contributed by atoms with E-state index in [4.69, 9.17) is 0 Å². The van der Waals surface area contributed by atoms with E-state index in [0.29, 0.717) is 24.4 Å². The van der Waals surface area contributed by atoms with E-state index in [1.54, 1.807) is 19.2 Å². The van der Waals surface area contributed by atoms with Crippen molar-refractivity contribution in [2.24, 2.45) is 7.05 Å². The van der Waals surface area contributed by atoms with Crippen LogP contribution in [0.1, 0.15) is 24.8 Å². The van der Waals surface area contributed by atoms with Gasteiger partial charge in [0.2, 0.25) is 5.91 Å². The van der Waals surface area contributed by atoms with E-state index in [1.807, 2.05) is 37.3 Å². The molecule has 2 aromatic carbocycles. The molecular formula is C21H23FN4O2. The van der Waals surface area contributed by atoms with Crippen LogP contribution < -0.4 is 11.0 Å². The van der Waals surface area contributed by atoms with Crippen molar-refractivity contribution in [2.75, 3.05) is 6.54 Å². The Morgan fingerprint density at radius 2 is 1.82 bits per heavy atom. The minimum atomic E-state index is -0.347. The molecule has 1 N–H and O–H groups in total. The Kier molecular flexibility index (Phi) is 6.03. The van der Waals surface area contributed by atoms with Crippen LogP contribution in [-0.2, 0) is 18.4 Å². The largest absolute Gasteiger partial charge is 0.354 e. The summed E-state index contributed by atoms with van der Waals surface area (Å²) in [5.41, 5.74) is 1.33. The number of nitrogens with zero attached hydrogens (tertiary/aromatic N) is 3.